The zero-order valence-electron chi connectivity index (χ0n) is 19.2. The summed E-state index contributed by atoms with van der Waals surface area (Å²) in [5.41, 5.74) is 4.07. The number of nitrogens with zero attached hydrogens (tertiary/aromatic N) is 3. The molecule has 34 heavy (non-hydrogen) atoms. The zero-order valence-corrected chi connectivity index (χ0v) is 19.9. The molecule has 2 aromatic heterocycles. The van der Waals surface area contributed by atoms with E-state index in [0.717, 1.165) is 27.6 Å². The summed E-state index contributed by atoms with van der Waals surface area (Å²) in [5.74, 6) is 0. The van der Waals surface area contributed by atoms with Gasteiger partial charge in [-0.2, -0.15) is 0 Å². The minimum absolute atomic E-state index is 0.0851. The van der Waals surface area contributed by atoms with Crippen molar-refractivity contribution in [3.63, 3.8) is 0 Å². The average Bonchev–Trinajstić information content (AvgIpc) is 3.28. The molecule has 0 bridgehead atoms. The van der Waals surface area contributed by atoms with Crippen LogP contribution in [0.15, 0.2) is 90.1 Å². The molecule has 3 aromatic carbocycles. The smallest absolute Gasteiger partial charge is 0.251 e. The van der Waals surface area contributed by atoms with Gasteiger partial charge in [-0.25, -0.2) is 4.98 Å². The van der Waals surface area contributed by atoms with Crippen LogP contribution in [0.2, 0.25) is 5.02 Å². The number of hydrogen-bond donors (Lipinski definition) is 1. The molecule has 0 aliphatic rings. The number of rotatable bonds is 4. The molecule has 0 amide bonds. The highest BCUT2D eigenvalue weighted by atomic mass is 35.5. The predicted molar refractivity (Wildman–Crippen MR) is 136 cm³/mol. The van der Waals surface area contributed by atoms with E-state index in [1.165, 1.54) is 0 Å². The molecule has 1 N–H and O–H groups in total. The van der Waals surface area contributed by atoms with E-state index in [4.69, 9.17) is 11.6 Å². The highest BCUT2D eigenvalue weighted by molar-refractivity contribution is 6.30. The van der Waals surface area contributed by atoms with E-state index in [1.54, 1.807) is 42.3 Å². The Bertz CT molecular complexity index is 1580. The van der Waals surface area contributed by atoms with Crippen LogP contribution in [0, 0.1) is 6.92 Å². The van der Waals surface area contributed by atoms with Crippen molar-refractivity contribution in [2.45, 2.75) is 12.5 Å². The van der Waals surface area contributed by atoms with Crippen LogP contribution in [0.3, 0.4) is 0 Å². The van der Waals surface area contributed by atoms with Gasteiger partial charge in [0.15, 0.2) is 5.60 Å². The van der Waals surface area contributed by atoms with Gasteiger partial charge >= 0.3 is 0 Å². The Morgan fingerprint density at radius 1 is 0.912 bits per heavy atom. The van der Waals surface area contributed by atoms with Gasteiger partial charge in [0.2, 0.25) is 0 Å². The standard InChI is InChI=1S/C28H24ClN3O2/c1-18-6-4-5-7-22(18)23-15-27(33)32(3)25-13-10-20(14-24(23)25)28(34,26-16-30-17-31(26)2)19-8-11-21(29)12-9-19/h4-17,34H,1-3H3. The number of imidazole rings is 1. The maximum absolute atomic E-state index is 12.8. The fourth-order valence-corrected chi connectivity index (χ4v) is 4.77. The second-order valence-corrected chi connectivity index (χ2v) is 9.05. The van der Waals surface area contributed by atoms with E-state index in [-0.39, 0.29) is 5.56 Å². The minimum Gasteiger partial charge on any atom is -0.374 e. The number of benzene rings is 3. The van der Waals surface area contributed by atoms with Crippen molar-refractivity contribution in [3.05, 3.63) is 123 Å². The quantitative estimate of drug-likeness (QED) is 0.394. The van der Waals surface area contributed by atoms with Crippen LogP contribution in [0.25, 0.3) is 22.0 Å². The number of pyridine rings is 1. The van der Waals surface area contributed by atoms with E-state index in [1.807, 2.05) is 73.1 Å². The summed E-state index contributed by atoms with van der Waals surface area (Å²) in [7, 11) is 3.62. The van der Waals surface area contributed by atoms with Gasteiger partial charge < -0.3 is 14.2 Å². The van der Waals surface area contributed by atoms with Crippen LogP contribution in [-0.2, 0) is 19.7 Å². The zero-order chi connectivity index (χ0) is 24.0. The summed E-state index contributed by atoms with van der Waals surface area (Å²) in [6, 6.07) is 22.6. The molecule has 0 spiro atoms. The van der Waals surface area contributed by atoms with E-state index < -0.39 is 5.60 Å². The second-order valence-electron chi connectivity index (χ2n) is 8.61. The minimum atomic E-state index is -1.48. The van der Waals surface area contributed by atoms with Gasteiger partial charge in [0.1, 0.15) is 0 Å². The Kier molecular flexibility index (Phi) is 5.39. The van der Waals surface area contributed by atoms with Crippen molar-refractivity contribution in [1.29, 1.82) is 0 Å². The molecule has 2 heterocycles. The molecule has 0 saturated carbocycles. The van der Waals surface area contributed by atoms with E-state index in [9.17, 15) is 9.90 Å². The van der Waals surface area contributed by atoms with Gasteiger partial charge in [-0.05, 0) is 59.0 Å². The maximum Gasteiger partial charge on any atom is 0.251 e. The van der Waals surface area contributed by atoms with Crippen molar-refractivity contribution in [2.75, 3.05) is 0 Å². The van der Waals surface area contributed by atoms with Gasteiger partial charge in [0.25, 0.3) is 5.56 Å². The van der Waals surface area contributed by atoms with Crippen molar-refractivity contribution in [3.8, 4) is 11.1 Å². The number of aromatic nitrogens is 3. The monoisotopic (exact) mass is 469 g/mol. The Morgan fingerprint density at radius 2 is 1.62 bits per heavy atom. The molecule has 6 heteroatoms. The lowest BCUT2D eigenvalue weighted by atomic mass is 9.82. The molecule has 170 valence electrons. The van der Waals surface area contributed by atoms with Gasteiger partial charge in [-0.15, -0.1) is 0 Å². The number of aryl methyl sites for hydroxylation is 3. The summed E-state index contributed by atoms with van der Waals surface area (Å²) < 4.78 is 3.44. The van der Waals surface area contributed by atoms with E-state index >= 15 is 0 Å². The Morgan fingerprint density at radius 3 is 2.29 bits per heavy atom. The molecule has 5 rings (SSSR count). The lowest BCUT2D eigenvalue weighted by Gasteiger charge is -2.30. The summed E-state index contributed by atoms with van der Waals surface area (Å²) in [5, 5.41) is 13.8. The largest absolute Gasteiger partial charge is 0.374 e. The first-order valence-corrected chi connectivity index (χ1v) is 11.3. The van der Waals surface area contributed by atoms with Crippen molar-refractivity contribution < 1.29 is 5.11 Å². The molecule has 0 aliphatic carbocycles. The highest BCUT2D eigenvalue weighted by Gasteiger charge is 2.37. The predicted octanol–water partition coefficient (Wildman–Crippen LogP) is 5.19. The Hall–Kier alpha value is -3.67. The number of halogens is 1. The number of hydrogen-bond acceptors (Lipinski definition) is 3. The third-order valence-electron chi connectivity index (χ3n) is 6.55. The van der Waals surface area contributed by atoms with Gasteiger partial charge in [-0.1, -0.05) is 54.1 Å². The lowest BCUT2D eigenvalue weighted by molar-refractivity contribution is 0.117. The van der Waals surface area contributed by atoms with Crippen LogP contribution in [0.4, 0.5) is 0 Å². The molecular formula is C28H24ClN3O2. The SMILES string of the molecule is Cc1ccccc1-c1cc(=O)n(C)c2ccc(C(O)(c3ccc(Cl)cc3)c3cncn3C)cc12. The molecule has 5 aromatic rings. The number of fused-ring (bicyclic) bond motifs is 1. The van der Waals surface area contributed by atoms with Crippen LogP contribution >= 0.6 is 11.6 Å². The number of aliphatic hydroxyl groups is 1. The molecule has 5 nitrogen and oxygen atoms in total. The Balaban J connectivity index is 1.85. The molecule has 1 unspecified atom stereocenters. The molecule has 0 radical (unpaired) electrons. The summed E-state index contributed by atoms with van der Waals surface area (Å²) in [6.45, 7) is 2.03. The maximum atomic E-state index is 12.8. The van der Waals surface area contributed by atoms with Gasteiger partial charge in [-0.3, -0.25) is 4.79 Å². The molecule has 0 aliphatic heterocycles. The molecular weight excluding hydrogens is 446 g/mol. The van der Waals surface area contributed by atoms with Crippen LogP contribution in [0.1, 0.15) is 22.4 Å². The van der Waals surface area contributed by atoms with E-state index in [2.05, 4.69) is 4.98 Å². The molecule has 0 saturated heterocycles. The Labute approximate surface area is 202 Å². The van der Waals surface area contributed by atoms with Crippen molar-refractivity contribution in [2.24, 2.45) is 14.1 Å². The fraction of sp³-hybridized carbons (Fsp3) is 0.143. The molecule has 0 fully saturated rings. The first-order valence-electron chi connectivity index (χ1n) is 11.0. The summed E-state index contributed by atoms with van der Waals surface area (Å²) in [6.07, 6.45) is 3.33. The highest BCUT2D eigenvalue weighted by Crippen LogP contribution is 2.39. The van der Waals surface area contributed by atoms with Crippen LogP contribution in [0.5, 0.6) is 0 Å². The fourth-order valence-electron chi connectivity index (χ4n) is 4.64. The van der Waals surface area contributed by atoms with Gasteiger partial charge in [0.05, 0.1) is 23.7 Å². The van der Waals surface area contributed by atoms with E-state index in [0.29, 0.717) is 21.8 Å². The first kappa shape index (κ1) is 22.1. The third kappa shape index (κ3) is 3.45. The summed E-state index contributed by atoms with van der Waals surface area (Å²) in [4.78, 5) is 17.0. The van der Waals surface area contributed by atoms with Crippen molar-refractivity contribution in [1.82, 2.24) is 14.1 Å². The second kappa shape index (κ2) is 8.28. The average molecular weight is 470 g/mol. The third-order valence-corrected chi connectivity index (χ3v) is 6.80. The topological polar surface area (TPSA) is 60.1 Å². The summed E-state index contributed by atoms with van der Waals surface area (Å²) >= 11 is 6.15. The van der Waals surface area contributed by atoms with Crippen molar-refractivity contribution >= 4 is 22.5 Å². The normalized spacial score (nSPS) is 13.2. The van der Waals surface area contributed by atoms with Crippen LogP contribution in [-0.4, -0.2) is 19.2 Å². The first-order chi connectivity index (χ1) is 16.3. The lowest BCUT2D eigenvalue weighted by Crippen LogP contribution is -2.31. The van der Waals surface area contributed by atoms with Gasteiger partial charge in [0, 0.05) is 30.6 Å². The molecule has 1 atom stereocenters. The van der Waals surface area contributed by atoms with Crippen LogP contribution < -0.4 is 5.56 Å².